The van der Waals surface area contributed by atoms with E-state index in [2.05, 4.69) is 6.92 Å². The van der Waals surface area contributed by atoms with Gasteiger partial charge in [0.15, 0.2) is 0 Å². The average molecular weight is 709 g/mol. The molecule has 6 unspecified atom stereocenters. The summed E-state index contributed by atoms with van der Waals surface area (Å²) in [6.07, 6.45) is 7.90. The van der Waals surface area contributed by atoms with Gasteiger partial charge in [-0.1, -0.05) is 18.3 Å². The first-order valence-corrected chi connectivity index (χ1v) is 6.17. The van der Waals surface area contributed by atoms with Crippen molar-refractivity contribution in [3.8, 4) is 0 Å². The van der Waals surface area contributed by atoms with Gasteiger partial charge in [0.1, 0.15) is 0 Å². The zero-order chi connectivity index (χ0) is 8.58. The maximum atomic E-state index is 2.44. The Balaban J connectivity index is 0.000000427. The summed E-state index contributed by atoms with van der Waals surface area (Å²) in [5, 5.41) is 0. The van der Waals surface area contributed by atoms with Crippen molar-refractivity contribution in [2.75, 3.05) is 0 Å². The largest absolute Gasteiger partial charge is 0.313 e. The molecule has 4 aliphatic rings. The van der Waals surface area contributed by atoms with Crippen LogP contribution in [0.3, 0.4) is 0 Å². The van der Waals surface area contributed by atoms with Gasteiger partial charge in [0.2, 0.25) is 0 Å². The van der Waals surface area contributed by atoms with Crippen molar-refractivity contribution in [1.82, 2.24) is 0 Å². The summed E-state index contributed by atoms with van der Waals surface area (Å²) in [6.45, 7) is 2.44. The predicted octanol–water partition coefficient (Wildman–Crippen LogP) is 3.28. The Morgan fingerprint density at radius 1 is 0.867 bits per heavy atom. The second-order valence-corrected chi connectivity index (χ2v) is 6.14. The summed E-state index contributed by atoms with van der Waals surface area (Å²) in [4.78, 5) is 0. The topological polar surface area (TPSA) is 0 Å². The fourth-order valence-electron chi connectivity index (χ4n) is 5.63. The SMILES string of the molecule is C[C-]1CC2CC1C1C3CCC(C3)C21.[Rf].[Rf]. The Kier molecular flexibility index (Phi) is 1.61. The van der Waals surface area contributed by atoms with Crippen LogP contribution >= 0.6 is 0 Å². The van der Waals surface area contributed by atoms with Gasteiger partial charge in [0, 0.05) is 0 Å². The third kappa shape index (κ3) is 0.789. The third-order valence-electron chi connectivity index (χ3n) is 5.83. The second kappa shape index (κ2) is 2.52. The molecule has 0 N–H and O–H groups in total. The quantitative estimate of drug-likeness (QED) is 0.268. The first-order valence-electron chi connectivity index (χ1n) is 6.17. The first kappa shape index (κ1) is 9.55. The van der Waals surface area contributed by atoms with Crippen LogP contribution in [0.1, 0.15) is 39.0 Å². The van der Waals surface area contributed by atoms with Gasteiger partial charge in [-0.2, -0.15) is 19.3 Å². The Labute approximate surface area is 81.1 Å². The molecule has 0 nitrogen and oxygen atoms in total. The third-order valence-corrected chi connectivity index (χ3v) is 5.83. The van der Waals surface area contributed by atoms with Crippen molar-refractivity contribution in [3.05, 3.63) is 5.92 Å². The molecule has 4 fully saturated rings. The minimum absolute atomic E-state index is 0. The fraction of sp³-hybridized carbons (Fsp3) is 0.923. The van der Waals surface area contributed by atoms with Gasteiger partial charge in [0.25, 0.3) is 0 Å². The van der Waals surface area contributed by atoms with Gasteiger partial charge >= 0.3 is 0 Å². The smallest absolute Gasteiger partial charge is 0 e. The molecule has 0 aromatic rings. The Morgan fingerprint density at radius 3 is 2.27 bits per heavy atom. The zero-order valence-corrected chi connectivity index (χ0v) is 22.7. The summed E-state index contributed by atoms with van der Waals surface area (Å²) in [5.41, 5.74) is 0. The van der Waals surface area contributed by atoms with Gasteiger partial charge in [0.05, 0.1) is 0 Å². The van der Waals surface area contributed by atoms with E-state index >= 15 is 0 Å². The predicted molar refractivity (Wildman–Crippen MR) is 52.9 cm³/mol. The molecule has 4 saturated carbocycles. The van der Waals surface area contributed by atoms with Crippen molar-refractivity contribution in [1.29, 1.82) is 0 Å². The molecule has 0 amide bonds. The van der Waals surface area contributed by atoms with E-state index in [4.69, 9.17) is 0 Å². The molecule has 4 rings (SSSR count). The van der Waals surface area contributed by atoms with Gasteiger partial charge < -0.3 is 5.92 Å². The zero-order valence-electron chi connectivity index (χ0n) is 9.91. The summed E-state index contributed by atoms with van der Waals surface area (Å²) in [7, 11) is 0. The molecular formula is C13H19Rf2-. The average Bonchev–Trinajstić information content (AvgIpc) is 2.78. The van der Waals surface area contributed by atoms with Crippen LogP contribution < -0.4 is 0 Å². The van der Waals surface area contributed by atoms with E-state index < -0.39 is 0 Å². The summed E-state index contributed by atoms with van der Waals surface area (Å²) in [6, 6.07) is 0. The number of hydrogen-bond acceptors (Lipinski definition) is 0. The molecule has 0 aromatic carbocycles. The molecule has 15 heavy (non-hydrogen) atoms. The van der Waals surface area contributed by atoms with Crippen LogP contribution in [0, 0.1) is 41.4 Å². The molecule has 0 spiro atoms. The Morgan fingerprint density at radius 2 is 1.53 bits per heavy atom. The minimum atomic E-state index is 0. The number of fused-ring (bicyclic) bond motifs is 9. The van der Waals surface area contributed by atoms with E-state index in [9.17, 15) is 0 Å². The first-order chi connectivity index (χ1) is 6.34. The van der Waals surface area contributed by atoms with Crippen molar-refractivity contribution < 1.29 is 0 Å². The molecule has 0 heterocycles. The molecule has 4 aliphatic carbocycles. The van der Waals surface area contributed by atoms with Gasteiger partial charge in [-0.3, -0.25) is 0 Å². The standard InChI is InChI=1S/C13H19.2Rf/c1-7-4-10-6-11(7)13-9-3-2-8(5-9)12(10)13;;/h8-13H,2-6H2,1H3;;/q-1;;. The van der Waals surface area contributed by atoms with Crippen molar-refractivity contribution in [2.24, 2.45) is 35.5 Å². The molecule has 4 bridgehead atoms. The van der Waals surface area contributed by atoms with Crippen LogP contribution in [0.2, 0.25) is 0 Å². The molecule has 6 atom stereocenters. The molecule has 0 aromatic heterocycles. The van der Waals surface area contributed by atoms with Crippen LogP contribution in [-0.4, -0.2) is 0 Å². The van der Waals surface area contributed by atoms with Crippen molar-refractivity contribution >= 4 is 0 Å². The van der Waals surface area contributed by atoms with Crippen LogP contribution in [0.4, 0.5) is 0 Å². The molecule has 2 heteroatoms. The summed E-state index contributed by atoms with van der Waals surface area (Å²) in [5.74, 6) is 8.83. The number of rotatable bonds is 0. The van der Waals surface area contributed by atoms with Crippen LogP contribution in [0.15, 0.2) is 0 Å². The molecular weight excluding hydrogens is 690 g/mol. The Hall–Kier alpha value is -2.00. The maximum Gasteiger partial charge on any atom is 0 e. The van der Waals surface area contributed by atoms with Crippen LogP contribution in [0.5, 0.6) is 0 Å². The minimum Gasteiger partial charge on any atom is -0.313 e. The van der Waals surface area contributed by atoms with Gasteiger partial charge in [-0.25, -0.2) is 0 Å². The van der Waals surface area contributed by atoms with E-state index in [0.29, 0.717) is 0 Å². The number of hydrogen-bond donors (Lipinski definition) is 0. The van der Waals surface area contributed by atoms with Gasteiger partial charge in [-0.15, -0.1) is 0 Å². The molecule has 0 aliphatic heterocycles. The van der Waals surface area contributed by atoms with Crippen molar-refractivity contribution in [2.45, 2.75) is 39.0 Å². The monoisotopic (exact) mass is 709 g/mol. The maximum absolute atomic E-state index is 2.44. The van der Waals surface area contributed by atoms with Crippen LogP contribution in [0.25, 0.3) is 0 Å². The van der Waals surface area contributed by atoms with E-state index in [1.54, 1.807) is 25.7 Å². The molecule has 0 radical (unpaired) electrons. The van der Waals surface area contributed by atoms with E-state index in [1.165, 1.54) is 30.1 Å². The van der Waals surface area contributed by atoms with Crippen molar-refractivity contribution in [3.63, 3.8) is 0 Å². The second-order valence-electron chi connectivity index (χ2n) is 6.14. The van der Waals surface area contributed by atoms with E-state index in [-0.39, 0.29) is 0 Å². The molecule has 76 valence electrons. The summed E-state index contributed by atoms with van der Waals surface area (Å²) >= 11 is 0. The van der Waals surface area contributed by atoms with Gasteiger partial charge in [-0.05, 0) is 37.0 Å². The van der Waals surface area contributed by atoms with Crippen LogP contribution in [-0.2, 0) is 0 Å². The Bertz CT molecular complexity index is 253. The van der Waals surface area contributed by atoms with E-state index in [0.717, 1.165) is 11.8 Å². The normalized spacial score (nSPS) is 55.0. The van der Waals surface area contributed by atoms with E-state index in [1.807, 2.05) is 5.92 Å². The summed E-state index contributed by atoms with van der Waals surface area (Å²) < 4.78 is 0. The molecule has 0 saturated heterocycles. The fourth-order valence-corrected chi connectivity index (χ4v) is 5.63.